The average molecular weight is 417 g/mol. The van der Waals surface area contributed by atoms with Crippen LogP contribution in [0.3, 0.4) is 0 Å². The largest absolute Gasteiger partial charge is 0.306 e. The molecule has 0 aliphatic rings. The first-order chi connectivity index (χ1) is 13.6. The number of unbranched alkanes of at least 4 members (excludes halogenated alkanes) is 7. The van der Waals surface area contributed by atoms with Gasteiger partial charge in [0.15, 0.2) is 15.6 Å². The van der Waals surface area contributed by atoms with E-state index in [1.54, 1.807) is 12.1 Å². The molecule has 0 unspecified atom stereocenters. The summed E-state index contributed by atoms with van der Waals surface area (Å²) in [6.45, 7) is 4.08. The van der Waals surface area contributed by atoms with Crippen LogP contribution in [0.15, 0.2) is 24.3 Å². The fourth-order valence-corrected chi connectivity index (χ4v) is 3.99. The van der Waals surface area contributed by atoms with Gasteiger partial charge in [-0.05, 0) is 42.0 Å². The van der Waals surface area contributed by atoms with Crippen LogP contribution >= 0.6 is 0 Å². The van der Waals surface area contributed by atoms with Crippen LogP contribution in [-0.4, -0.2) is 26.5 Å². The molecule has 0 saturated carbocycles. The normalized spacial score (nSPS) is 11.6. The number of sulfone groups is 1. The highest BCUT2D eigenvalue weighted by Crippen LogP contribution is 2.15. The molecular weight excluding hydrogens is 380 g/mol. The van der Waals surface area contributed by atoms with Crippen molar-refractivity contribution in [2.24, 2.45) is 0 Å². The fourth-order valence-electron chi connectivity index (χ4n) is 2.73. The molecule has 0 aliphatic heterocycles. The van der Waals surface area contributed by atoms with Gasteiger partial charge in [-0.15, -0.1) is 0 Å². The highest BCUT2D eigenvalue weighted by molar-refractivity contribution is 7.91. The Labute approximate surface area is 170 Å². The third-order valence-electron chi connectivity index (χ3n) is 4.49. The van der Waals surface area contributed by atoms with E-state index in [-0.39, 0.29) is 18.1 Å². The molecule has 0 atom stereocenters. The Hall–Kier alpha value is -1.15. The SMILES string of the molecule is CCCCCCCCCc1ccc(OOOOCCS(=O)(=O)CCCC)cc1. The Morgan fingerprint density at radius 2 is 1.39 bits per heavy atom. The predicted molar refractivity (Wildman–Crippen MR) is 110 cm³/mol. The van der Waals surface area contributed by atoms with Crippen LogP contribution in [0.4, 0.5) is 0 Å². The summed E-state index contributed by atoms with van der Waals surface area (Å²) in [6.07, 6.45) is 11.6. The van der Waals surface area contributed by atoms with Crippen molar-refractivity contribution in [3.63, 3.8) is 0 Å². The summed E-state index contributed by atoms with van der Waals surface area (Å²) >= 11 is 0. The molecule has 7 heteroatoms. The minimum absolute atomic E-state index is 0.104. The average Bonchev–Trinajstić information content (AvgIpc) is 2.69. The molecule has 28 heavy (non-hydrogen) atoms. The minimum Gasteiger partial charge on any atom is -0.306 e. The Morgan fingerprint density at radius 3 is 2.07 bits per heavy atom. The van der Waals surface area contributed by atoms with Gasteiger partial charge in [-0.3, -0.25) is 0 Å². The molecular formula is C21H36O6S. The van der Waals surface area contributed by atoms with Crippen molar-refractivity contribution in [2.75, 3.05) is 18.1 Å². The third-order valence-corrected chi connectivity index (χ3v) is 6.18. The van der Waals surface area contributed by atoms with Crippen molar-refractivity contribution in [1.29, 1.82) is 0 Å². The zero-order chi connectivity index (χ0) is 20.5. The minimum atomic E-state index is -3.11. The number of hydrogen-bond acceptors (Lipinski definition) is 6. The fraction of sp³-hybridized carbons (Fsp3) is 0.714. The molecule has 162 valence electrons. The lowest BCUT2D eigenvalue weighted by Crippen LogP contribution is -2.16. The molecule has 0 radical (unpaired) electrons. The summed E-state index contributed by atoms with van der Waals surface area (Å²) in [5, 5.41) is 8.88. The summed E-state index contributed by atoms with van der Waals surface area (Å²) in [5.41, 5.74) is 1.26. The molecule has 0 heterocycles. The van der Waals surface area contributed by atoms with Gasteiger partial charge in [0.1, 0.15) is 0 Å². The second kappa shape index (κ2) is 15.7. The Kier molecular flexibility index (Phi) is 14.0. The van der Waals surface area contributed by atoms with Crippen molar-refractivity contribution in [2.45, 2.75) is 78.1 Å². The van der Waals surface area contributed by atoms with E-state index in [0.717, 1.165) is 12.8 Å². The number of hydrogen-bond donors (Lipinski definition) is 0. The highest BCUT2D eigenvalue weighted by Gasteiger charge is 2.10. The van der Waals surface area contributed by atoms with E-state index in [1.165, 1.54) is 50.5 Å². The van der Waals surface area contributed by atoms with Crippen LogP contribution in [-0.2, 0) is 31.2 Å². The Balaban J connectivity index is 2.07. The van der Waals surface area contributed by atoms with Crippen molar-refractivity contribution in [3.05, 3.63) is 29.8 Å². The van der Waals surface area contributed by atoms with Gasteiger partial charge in [-0.25, -0.2) is 13.3 Å². The smallest absolute Gasteiger partial charge is 0.168 e. The zero-order valence-corrected chi connectivity index (χ0v) is 18.2. The van der Waals surface area contributed by atoms with Gasteiger partial charge in [0, 0.05) is 5.04 Å². The van der Waals surface area contributed by atoms with E-state index in [9.17, 15) is 8.42 Å². The van der Waals surface area contributed by atoms with Gasteiger partial charge < -0.3 is 4.89 Å². The first-order valence-corrected chi connectivity index (χ1v) is 12.3. The zero-order valence-electron chi connectivity index (χ0n) is 17.4. The van der Waals surface area contributed by atoms with Crippen LogP contribution < -0.4 is 4.89 Å². The first-order valence-electron chi connectivity index (χ1n) is 10.5. The molecule has 0 saturated heterocycles. The molecule has 0 aliphatic carbocycles. The van der Waals surface area contributed by atoms with Crippen molar-refractivity contribution >= 4 is 9.84 Å². The van der Waals surface area contributed by atoms with Gasteiger partial charge in [-0.2, -0.15) is 0 Å². The standard InChI is InChI=1S/C21H36O6S/c1-3-5-7-8-9-10-11-12-20-13-15-21(16-14-20)25-27-26-24-17-19-28(22,23)18-6-4-2/h13-16H,3-12,17-19H2,1-2H3. The third kappa shape index (κ3) is 13.1. The van der Waals surface area contributed by atoms with E-state index in [4.69, 9.17) is 4.89 Å². The predicted octanol–water partition coefficient (Wildman–Crippen LogP) is 5.37. The summed E-state index contributed by atoms with van der Waals surface area (Å²) < 4.78 is 23.2. The molecule has 0 aromatic heterocycles. The summed E-state index contributed by atoms with van der Waals surface area (Å²) in [5.74, 6) is 0.543. The van der Waals surface area contributed by atoms with E-state index < -0.39 is 9.84 Å². The molecule has 0 amide bonds. The molecule has 6 nitrogen and oxygen atoms in total. The van der Waals surface area contributed by atoms with Gasteiger partial charge in [0.05, 0.1) is 18.1 Å². The lowest BCUT2D eigenvalue weighted by Gasteiger charge is -2.06. The van der Waals surface area contributed by atoms with Crippen molar-refractivity contribution < 1.29 is 28.3 Å². The summed E-state index contributed by atoms with van der Waals surface area (Å²) in [4.78, 5) is 9.61. The van der Waals surface area contributed by atoms with E-state index in [2.05, 4.69) is 21.9 Å². The summed E-state index contributed by atoms with van der Waals surface area (Å²) in [7, 11) is -3.11. The van der Waals surface area contributed by atoms with E-state index in [0.29, 0.717) is 12.2 Å². The first kappa shape index (κ1) is 24.9. The molecule has 0 fully saturated rings. The molecule has 1 aromatic carbocycles. The number of rotatable bonds is 18. The van der Waals surface area contributed by atoms with E-state index >= 15 is 0 Å². The second-order valence-electron chi connectivity index (χ2n) is 7.06. The van der Waals surface area contributed by atoms with Crippen molar-refractivity contribution in [3.8, 4) is 5.75 Å². The Morgan fingerprint density at radius 1 is 0.750 bits per heavy atom. The molecule has 1 aromatic rings. The maximum Gasteiger partial charge on any atom is 0.168 e. The topological polar surface area (TPSA) is 71.1 Å². The van der Waals surface area contributed by atoms with Crippen molar-refractivity contribution in [1.82, 2.24) is 0 Å². The monoisotopic (exact) mass is 416 g/mol. The maximum atomic E-state index is 11.6. The summed E-state index contributed by atoms with van der Waals surface area (Å²) in [6, 6.07) is 7.60. The highest BCUT2D eigenvalue weighted by atomic mass is 32.2. The van der Waals surface area contributed by atoms with E-state index in [1.807, 2.05) is 19.1 Å². The molecule has 0 spiro atoms. The lowest BCUT2D eigenvalue weighted by atomic mass is 10.0. The Bertz CT molecular complexity index is 585. The number of benzene rings is 1. The second-order valence-corrected chi connectivity index (χ2v) is 9.37. The van der Waals surface area contributed by atoms with Crippen LogP contribution in [0, 0.1) is 0 Å². The van der Waals surface area contributed by atoms with Crippen LogP contribution in [0.5, 0.6) is 5.75 Å². The molecule has 0 N–H and O–H groups in total. The van der Waals surface area contributed by atoms with Crippen LogP contribution in [0.2, 0.25) is 0 Å². The van der Waals surface area contributed by atoms with Gasteiger partial charge >= 0.3 is 0 Å². The molecule has 0 bridgehead atoms. The van der Waals surface area contributed by atoms with Gasteiger partial charge in [0.25, 0.3) is 0 Å². The molecule has 1 rings (SSSR count). The number of aryl methyl sites for hydroxylation is 1. The van der Waals surface area contributed by atoms with Crippen LogP contribution in [0.1, 0.15) is 77.2 Å². The van der Waals surface area contributed by atoms with Crippen LogP contribution in [0.25, 0.3) is 0 Å². The lowest BCUT2D eigenvalue weighted by molar-refractivity contribution is -0.606. The van der Waals surface area contributed by atoms with Gasteiger partial charge in [0.2, 0.25) is 0 Å². The maximum absolute atomic E-state index is 11.6. The quantitative estimate of drug-likeness (QED) is 0.182. The van der Waals surface area contributed by atoms with Gasteiger partial charge in [-0.1, -0.05) is 70.9 Å².